The van der Waals surface area contributed by atoms with Crippen LogP contribution in [-0.4, -0.2) is 68.9 Å². The van der Waals surface area contributed by atoms with Gasteiger partial charge in [0.1, 0.15) is 0 Å². The van der Waals surface area contributed by atoms with Crippen LogP contribution < -0.4 is 10.6 Å². The van der Waals surface area contributed by atoms with E-state index in [1.54, 1.807) is 13.8 Å². The van der Waals surface area contributed by atoms with Crippen molar-refractivity contribution in [3.63, 3.8) is 0 Å². The third-order valence-corrected chi connectivity index (χ3v) is 6.67. The molecule has 0 aromatic heterocycles. The van der Waals surface area contributed by atoms with E-state index in [1.807, 2.05) is 11.8 Å². The summed E-state index contributed by atoms with van der Waals surface area (Å²) in [6, 6.07) is 0. The molecule has 0 bridgehead atoms. The average molecular weight is 502 g/mol. The van der Waals surface area contributed by atoms with Crippen LogP contribution in [0.1, 0.15) is 52.9 Å². The smallest absolute Gasteiger partial charge is 0.222 e. The molecule has 0 aromatic rings. The molecule has 0 atom stereocenters. The zero-order chi connectivity index (χ0) is 18.9. The molecule has 0 aliphatic carbocycles. The van der Waals surface area contributed by atoms with E-state index >= 15 is 0 Å². The number of carbonyl (C=O) groups excluding carboxylic acids is 1. The lowest BCUT2D eigenvalue weighted by atomic mass is 10.2. The number of carbonyl (C=O) groups is 1. The Hall–Kier alpha value is -0.580. The number of nitrogens with one attached hydrogen (secondary N) is 2. The second kappa shape index (κ2) is 12.0. The Morgan fingerprint density at radius 3 is 2.54 bits per heavy atom. The van der Waals surface area contributed by atoms with Gasteiger partial charge < -0.3 is 15.5 Å². The monoisotopic (exact) mass is 502 g/mol. The molecular formula is C17H35IN4O3S. The maximum Gasteiger partial charge on any atom is 0.222 e. The minimum atomic E-state index is -3.17. The van der Waals surface area contributed by atoms with E-state index in [2.05, 4.69) is 15.6 Å². The molecule has 0 spiro atoms. The second-order valence-corrected chi connectivity index (χ2v) is 9.85. The minimum Gasteiger partial charge on any atom is -0.357 e. The molecular weight excluding hydrogens is 467 g/mol. The van der Waals surface area contributed by atoms with Gasteiger partial charge in [-0.05, 0) is 40.0 Å². The molecule has 1 rings (SSSR count). The molecule has 1 saturated heterocycles. The maximum absolute atomic E-state index is 12.0. The van der Waals surface area contributed by atoms with E-state index in [0.717, 1.165) is 38.8 Å². The first-order valence-corrected chi connectivity index (χ1v) is 11.1. The molecule has 2 N–H and O–H groups in total. The Labute approximate surface area is 175 Å². The lowest BCUT2D eigenvalue weighted by molar-refractivity contribution is -0.130. The van der Waals surface area contributed by atoms with Gasteiger partial charge in [-0.15, -0.1) is 24.0 Å². The second-order valence-electron chi connectivity index (χ2n) is 7.20. The van der Waals surface area contributed by atoms with Crippen LogP contribution in [0.15, 0.2) is 4.99 Å². The van der Waals surface area contributed by atoms with E-state index < -0.39 is 14.6 Å². The predicted octanol–water partition coefficient (Wildman–Crippen LogP) is 1.78. The number of hydrogen-bond acceptors (Lipinski definition) is 4. The molecule has 0 radical (unpaired) electrons. The molecule has 9 heteroatoms. The molecule has 0 aromatic carbocycles. The minimum absolute atomic E-state index is 0. The fraction of sp³-hybridized carbons (Fsp3) is 0.882. The van der Waals surface area contributed by atoms with Crippen LogP contribution in [0.25, 0.3) is 0 Å². The predicted molar refractivity (Wildman–Crippen MR) is 118 cm³/mol. The first-order valence-electron chi connectivity index (χ1n) is 9.17. The topological polar surface area (TPSA) is 90.9 Å². The third-order valence-electron chi connectivity index (χ3n) is 4.53. The SMILES string of the molecule is CCNC(=NCC(C)(C)S(C)(=O)=O)NCCCN1CCCCCC1=O.I. The van der Waals surface area contributed by atoms with Crippen molar-refractivity contribution < 1.29 is 13.2 Å². The Morgan fingerprint density at radius 1 is 1.23 bits per heavy atom. The van der Waals surface area contributed by atoms with Crippen LogP contribution in [0.5, 0.6) is 0 Å². The summed E-state index contributed by atoms with van der Waals surface area (Å²) in [5.74, 6) is 0.870. The molecule has 7 nitrogen and oxygen atoms in total. The number of rotatable bonds is 8. The van der Waals surface area contributed by atoms with Gasteiger partial charge in [0, 0.05) is 38.9 Å². The first kappa shape index (κ1) is 25.4. The van der Waals surface area contributed by atoms with Crippen LogP contribution in [0, 0.1) is 0 Å². The van der Waals surface area contributed by atoms with E-state index in [1.165, 1.54) is 6.26 Å². The molecule has 0 saturated carbocycles. The number of aliphatic imine (C=N–C) groups is 1. The Balaban J connectivity index is 0.00000625. The van der Waals surface area contributed by atoms with E-state index in [-0.39, 0.29) is 36.4 Å². The van der Waals surface area contributed by atoms with Crippen LogP contribution in [0.4, 0.5) is 0 Å². The lowest BCUT2D eigenvalue weighted by Gasteiger charge is -2.22. The highest BCUT2D eigenvalue weighted by atomic mass is 127. The molecule has 0 unspecified atom stereocenters. The highest BCUT2D eigenvalue weighted by Gasteiger charge is 2.29. The molecule has 1 amide bonds. The Morgan fingerprint density at radius 2 is 1.92 bits per heavy atom. The lowest BCUT2D eigenvalue weighted by Crippen LogP contribution is -2.41. The highest BCUT2D eigenvalue weighted by Crippen LogP contribution is 2.15. The zero-order valence-corrected chi connectivity index (χ0v) is 19.7. The number of likely N-dealkylation sites (tertiary alicyclic amines) is 1. The van der Waals surface area contributed by atoms with Gasteiger partial charge in [-0.2, -0.15) is 0 Å². The normalized spacial score (nSPS) is 16.7. The number of halogens is 1. The standard InChI is InChI=1S/C17H34N4O3S.HI/c1-5-18-16(20-14-17(2,3)25(4,23)24)19-11-9-13-21-12-8-6-7-10-15(21)22;/h5-14H2,1-4H3,(H2,18,19,20);1H. The van der Waals surface area contributed by atoms with E-state index in [0.29, 0.717) is 25.5 Å². The summed E-state index contributed by atoms with van der Waals surface area (Å²) >= 11 is 0. The maximum atomic E-state index is 12.0. The summed E-state index contributed by atoms with van der Waals surface area (Å²) in [5.41, 5.74) is 0. The van der Waals surface area contributed by atoms with Crippen LogP contribution in [0.3, 0.4) is 0 Å². The van der Waals surface area contributed by atoms with Gasteiger partial charge in [0.05, 0.1) is 11.3 Å². The van der Waals surface area contributed by atoms with Gasteiger partial charge in [0.25, 0.3) is 0 Å². The van der Waals surface area contributed by atoms with Crippen LogP contribution in [-0.2, 0) is 14.6 Å². The fourth-order valence-electron chi connectivity index (χ4n) is 2.48. The van der Waals surface area contributed by atoms with Crippen molar-refractivity contribution in [3.8, 4) is 0 Å². The van der Waals surface area contributed by atoms with Gasteiger partial charge >= 0.3 is 0 Å². The van der Waals surface area contributed by atoms with Crippen LogP contribution in [0.2, 0.25) is 0 Å². The van der Waals surface area contributed by atoms with Crippen molar-refractivity contribution in [2.24, 2.45) is 4.99 Å². The van der Waals surface area contributed by atoms with Gasteiger partial charge in [-0.25, -0.2) is 8.42 Å². The Kier molecular flexibility index (Phi) is 11.7. The molecule has 1 fully saturated rings. The summed E-state index contributed by atoms with van der Waals surface area (Å²) in [6.07, 6.45) is 5.96. The van der Waals surface area contributed by atoms with E-state index in [9.17, 15) is 13.2 Å². The third kappa shape index (κ3) is 8.88. The number of sulfone groups is 1. The highest BCUT2D eigenvalue weighted by molar-refractivity contribution is 14.0. The Bertz CT molecular complexity index is 564. The van der Waals surface area contributed by atoms with Crippen molar-refractivity contribution >= 4 is 45.7 Å². The molecule has 1 heterocycles. The largest absolute Gasteiger partial charge is 0.357 e. The first-order chi connectivity index (χ1) is 11.7. The summed E-state index contributed by atoms with van der Waals surface area (Å²) in [7, 11) is -3.17. The zero-order valence-electron chi connectivity index (χ0n) is 16.5. The number of guanidine groups is 1. The summed E-state index contributed by atoms with van der Waals surface area (Å²) in [5, 5.41) is 6.35. The summed E-state index contributed by atoms with van der Waals surface area (Å²) in [4.78, 5) is 18.3. The van der Waals surface area contributed by atoms with Gasteiger partial charge in [-0.1, -0.05) is 6.42 Å². The van der Waals surface area contributed by atoms with Crippen molar-refractivity contribution in [2.45, 2.75) is 57.6 Å². The van der Waals surface area contributed by atoms with Crippen molar-refractivity contribution in [1.82, 2.24) is 15.5 Å². The van der Waals surface area contributed by atoms with Crippen molar-refractivity contribution in [1.29, 1.82) is 0 Å². The fourth-order valence-corrected chi connectivity index (χ4v) is 2.78. The van der Waals surface area contributed by atoms with Crippen molar-refractivity contribution in [3.05, 3.63) is 0 Å². The van der Waals surface area contributed by atoms with Gasteiger partial charge in [0.2, 0.25) is 5.91 Å². The number of nitrogens with zero attached hydrogens (tertiary/aromatic N) is 2. The van der Waals surface area contributed by atoms with Gasteiger partial charge in [-0.3, -0.25) is 9.79 Å². The summed E-state index contributed by atoms with van der Waals surface area (Å²) < 4.78 is 22.6. The molecule has 154 valence electrons. The average Bonchev–Trinajstić information content (AvgIpc) is 2.72. The molecule has 1 aliphatic rings. The van der Waals surface area contributed by atoms with Crippen molar-refractivity contribution in [2.75, 3.05) is 39.0 Å². The summed E-state index contributed by atoms with van der Waals surface area (Å²) in [6.45, 7) is 8.53. The number of hydrogen-bond donors (Lipinski definition) is 2. The van der Waals surface area contributed by atoms with Crippen LogP contribution >= 0.6 is 24.0 Å². The molecule has 1 aliphatic heterocycles. The van der Waals surface area contributed by atoms with Gasteiger partial charge in [0.15, 0.2) is 15.8 Å². The number of amides is 1. The molecule has 26 heavy (non-hydrogen) atoms. The quantitative estimate of drug-likeness (QED) is 0.229. The van der Waals surface area contributed by atoms with E-state index in [4.69, 9.17) is 0 Å².